The number of benzene rings is 1. The maximum absolute atomic E-state index is 11.1. The van der Waals surface area contributed by atoms with E-state index in [9.17, 15) is 4.79 Å². The smallest absolute Gasteiger partial charge is 0.221 e. The molecule has 20 heavy (non-hydrogen) atoms. The van der Waals surface area contributed by atoms with Crippen LogP contribution in [0.1, 0.15) is 18.2 Å². The third-order valence-corrected chi connectivity index (χ3v) is 3.58. The van der Waals surface area contributed by atoms with Crippen LogP contribution < -0.4 is 5.32 Å². The SMILES string of the molecule is CC(=O)Nc1cccc(-c2n[nH]c3c2CN(C)CC3)c1. The monoisotopic (exact) mass is 270 g/mol. The lowest BCUT2D eigenvalue weighted by Gasteiger charge is -2.22. The largest absolute Gasteiger partial charge is 0.326 e. The highest BCUT2D eigenvalue weighted by Crippen LogP contribution is 2.29. The fourth-order valence-corrected chi connectivity index (χ4v) is 2.62. The van der Waals surface area contributed by atoms with Crippen LogP contribution in [0.3, 0.4) is 0 Å². The minimum atomic E-state index is -0.0639. The molecule has 0 fully saturated rings. The van der Waals surface area contributed by atoms with Crippen LogP contribution in [0.4, 0.5) is 5.69 Å². The molecule has 0 unspecified atom stereocenters. The van der Waals surface area contributed by atoms with E-state index in [1.807, 2.05) is 24.3 Å². The zero-order valence-corrected chi connectivity index (χ0v) is 11.7. The number of likely N-dealkylation sites (N-methyl/N-ethyl adjacent to an activating group) is 1. The lowest BCUT2D eigenvalue weighted by molar-refractivity contribution is -0.114. The molecule has 5 heteroatoms. The Morgan fingerprint density at radius 3 is 3.10 bits per heavy atom. The van der Waals surface area contributed by atoms with Crippen LogP contribution in [-0.4, -0.2) is 34.6 Å². The number of fused-ring (bicyclic) bond motifs is 1. The summed E-state index contributed by atoms with van der Waals surface area (Å²) >= 11 is 0. The molecule has 0 atom stereocenters. The summed E-state index contributed by atoms with van der Waals surface area (Å²) in [6.45, 7) is 3.48. The fraction of sp³-hybridized carbons (Fsp3) is 0.333. The number of aromatic nitrogens is 2. The lowest BCUT2D eigenvalue weighted by Crippen LogP contribution is -2.26. The average molecular weight is 270 g/mol. The summed E-state index contributed by atoms with van der Waals surface area (Å²) in [5, 5.41) is 10.4. The van der Waals surface area contributed by atoms with Crippen molar-refractivity contribution in [2.75, 3.05) is 18.9 Å². The van der Waals surface area contributed by atoms with Gasteiger partial charge >= 0.3 is 0 Å². The molecule has 2 heterocycles. The second kappa shape index (κ2) is 5.09. The van der Waals surface area contributed by atoms with Crippen LogP contribution in [-0.2, 0) is 17.8 Å². The van der Waals surface area contributed by atoms with Gasteiger partial charge in [0.1, 0.15) is 0 Å². The quantitative estimate of drug-likeness (QED) is 0.877. The molecule has 1 amide bonds. The van der Waals surface area contributed by atoms with Crippen molar-refractivity contribution >= 4 is 11.6 Å². The molecule has 0 saturated heterocycles. The summed E-state index contributed by atoms with van der Waals surface area (Å²) in [7, 11) is 2.12. The minimum absolute atomic E-state index is 0.0639. The van der Waals surface area contributed by atoms with Crippen LogP contribution in [0, 0.1) is 0 Å². The molecular formula is C15H18N4O. The van der Waals surface area contributed by atoms with Gasteiger partial charge in [-0.15, -0.1) is 0 Å². The van der Waals surface area contributed by atoms with Gasteiger partial charge in [0.25, 0.3) is 0 Å². The van der Waals surface area contributed by atoms with Crippen molar-refractivity contribution in [1.82, 2.24) is 15.1 Å². The van der Waals surface area contributed by atoms with Gasteiger partial charge in [-0.3, -0.25) is 9.89 Å². The van der Waals surface area contributed by atoms with E-state index in [1.54, 1.807) is 0 Å². The number of rotatable bonds is 2. The number of nitrogens with zero attached hydrogens (tertiary/aromatic N) is 2. The number of amides is 1. The van der Waals surface area contributed by atoms with E-state index in [4.69, 9.17) is 0 Å². The predicted molar refractivity (Wildman–Crippen MR) is 78.4 cm³/mol. The van der Waals surface area contributed by atoms with Gasteiger partial charge in [-0.1, -0.05) is 12.1 Å². The molecule has 104 valence electrons. The summed E-state index contributed by atoms with van der Waals surface area (Å²) in [5.41, 5.74) is 5.31. The molecule has 1 aliphatic rings. The first-order chi connectivity index (χ1) is 9.63. The number of aromatic amines is 1. The van der Waals surface area contributed by atoms with Crippen LogP contribution in [0.25, 0.3) is 11.3 Å². The van der Waals surface area contributed by atoms with Gasteiger partial charge in [-0.05, 0) is 19.2 Å². The molecule has 1 aromatic heterocycles. The average Bonchev–Trinajstić information content (AvgIpc) is 2.81. The Bertz CT molecular complexity index is 647. The summed E-state index contributed by atoms with van der Waals surface area (Å²) in [6, 6.07) is 7.81. The van der Waals surface area contributed by atoms with Crippen molar-refractivity contribution in [1.29, 1.82) is 0 Å². The molecule has 2 aromatic rings. The maximum atomic E-state index is 11.1. The van der Waals surface area contributed by atoms with Crippen molar-refractivity contribution < 1.29 is 4.79 Å². The summed E-state index contributed by atoms with van der Waals surface area (Å²) in [5.74, 6) is -0.0639. The number of H-pyrrole nitrogens is 1. The first kappa shape index (κ1) is 12.9. The number of hydrogen-bond acceptors (Lipinski definition) is 3. The highest BCUT2D eigenvalue weighted by Gasteiger charge is 2.20. The van der Waals surface area contributed by atoms with Gasteiger partial charge in [0.15, 0.2) is 0 Å². The first-order valence-electron chi connectivity index (χ1n) is 6.76. The van der Waals surface area contributed by atoms with Gasteiger partial charge in [-0.2, -0.15) is 5.10 Å². The van der Waals surface area contributed by atoms with Crippen LogP contribution >= 0.6 is 0 Å². The third-order valence-electron chi connectivity index (χ3n) is 3.58. The molecule has 1 aromatic carbocycles. The molecule has 5 nitrogen and oxygen atoms in total. The van der Waals surface area contributed by atoms with Gasteiger partial charge in [0.2, 0.25) is 5.91 Å². The zero-order chi connectivity index (χ0) is 14.1. The second-order valence-corrected chi connectivity index (χ2v) is 5.28. The van der Waals surface area contributed by atoms with Gasteiger partial charge in [0, 0.05) is 48.9 Å². The Morgan fingerprint density at radius 1 is 1.45 bits per heavy atom. The van der Waals surface area contributed by atoms with E-state index in [0.29, 0.717) is 0 Å². The topological polar surface area (TPSA) is 61.0 Å². The van der Waals surface area contributed by atoms with E-state index in [1.165, 1.54) is 18.2 Å². The second-order valence-electron chi connectivity index (χ2n) is 5.28. The van der Waals surface area contributed by atoms with Gasteiger partial charge < -0.3 is 10.2 Å². The number of hydrogen-bond donors (Lipinski definition) is 2. The molecule has 0 spiro atoms. The van der Waals surface area contributed by atoms with Gasteiger partial charge in [-0.25, -0.2) is 0 Å². The van der Waals surface area contributed by atoms with E-state index >= 15 is 0 Å². The summed E-state index contributed by atoms with van der Waals surface area (Å²) < 4.78 is 0. The molecule has 0 aliphatic carbocycles. The molecule has 0 saturated carbocycles. The predicted octanol–water partition coefficient (Wildman–Crippen LogP) is 2.02. The Kier molecular flexibility index (Phi) is 3.28. The lowest BCUT2D eigenvalue weighted by atomic mass is 10.0. The molecule has 0 radical (unpaired) electrons. The third kappa shape index (κ3) is 2.44. The summed E-state index contributed by atoms with van der Waals surface area (Å²) in [4.78, 5) is 13.4. The Labute approximate surface area is 118 Å². The highest BCUT2D eigenvalue weighted by molar-refractivity contribution is 5.89. The van der Waals surface area contributed by atoms with Crippen molar-refractivity contribution in [2.45, 2.75) is 19.9 Å². The highest BCUT2D eigenvalue weighted by atomic mass is 16.1. The number of anilines is 1. The molecule has 3 rings (SSSR count). The molecule has 1 aliphatic heterocycles. The van der Waals surface area contributed by atoms with E-state index < -0.39 is 0 Å². The Hall–Kier alpha value is -2.14. The normalized spacial score (nSPS) is 14.9. The van der Waals surface area contributed by atoms with Crippen molar-refractivity contribution in [2.24, 2.45) is 0 Å². The van der Waals surface area contributed by atoms with E-state index in [-0.39, 0.29) is 5.91 Å². The van der Waals surface area contributed by atoms with E-state index in [0.717, 1.165) is 36.5 Å². The van der Waals surface area contributed by atoms with Crippen LogP contribution in [0.2, 0.25) is 0 Å². The minimum Gasteiger partial charge on any atom is -0.326 e. The maximum Gasteiger partial charge on any atom is 0.221 e. The van der Waals surface area contributed by atoms with Crippen LogP contribution in [0.5, 0.6) is 0 Å². The van der Waals surface area contributed by atoms with Crippen molar-refractivity contribution in [3.05, 3.63) is 35.5 Å². The van der Waals surface area contributed by atoms with E-state index in [2.05, 4.69) is 27.5 Å². The zero-order valence-electron chi connectivity index (χ0n) is 11.7. The summed E-state index contributed by atoms with van der Waals surface area (Å²) in [6.07, 6.45) is 1.00. The van der Waals surface area contributed by atoms with Crippen molar-refractivity contribution in [3.63, 3.8) is 0 Å². The molecular weight excluding hydrogens is 252 g/mol. The number of nitrogens with one attached hydrogen (secondary N) is 2. The molecule has 0 bridgehead atoms. The Morgan fingerprint density at radius 2 is 2.30 bits per heavy atom. The standard InChI is InChI=1S/C15H18N4O/c1-10(20)16-12-5-3-4-11(8-12)15-13-9-19(2)7-6-14(13)17-18-15/h3-5,8H,6-7,9H2,1-2H3,(H,16,20)(H,17,18). The number of carbonyl (C=O) groups excluding carboxylic acids is 1. The number of carbonyl (C=O) groups is 1. The Balaban J connectivity index is 1.97. The van der Waals surface area contributed by atoms with Crippen molar-refractivity contribution in [3.8, 4) is 11.3 Å². The first-order valence-corrected chi connectivity index (χ1v) is 6.76. The fourth-order valence-electron chi connectivity index (χ4n) is 2.62. The molecule has 2 N–H and O–H groups in total. The van der Waals surface area contributed by atoms with Crippen LogP contribution in [0.15, 0.2) is 24.3 Å². The van der Waals surface area contributed by atoms with Gasteiger partial charge in [0.05, 0.1) is 5.69 Å².